The van der Waals surface area contributed by atoms with Crippen LogP contribution in [0.2, 0.25) is 0 Å². The summed E-state index contributed by atoms with van der Waals surface area (Å²) < 4.78 is 0. The Morgan fingerprint density at radius 2 is 2.00 bits per heavy atom. The van der Waals surface area contributed by atoms with E-state index in [9.17, 15) is 9.59 Å². The summed E-state index contributed by atoms with van der Waals surface area (Å²) in [4.78, 5) is 24.1. The molecule has 74 valence electrons. The number of nitrogens with zero attached hydrogens (tertiary/aromatic N) is 1. The maximum Gasteiger partial charge on any atom is 0.233 e. The Balaban J connectivity index is 2.86. The van der Waals surface area contributed by atoms with E-state index in [4.69, 9.17) is 0 Å². The van der Waals surface area contributed by atoms with E-state index < -0.39 is 0 Å². The summed E-state index contributed by atoms with van der Waals surface area (Å²) in [6.07, 6.45) is 1.31. The fraction of sp³-hybridized carbons (Fsp3) is 0.800. The molecule has 0 aromatic carbocycles. The molecule has 1 saturated heterocycles. The van der Waals surface area contributed by atoms with Crippen molar-refractivity contribution >= 4 is 11.8 Å². The number of carbonyl (C=O) groups excluding carboxylic acids is 2. The van der Waals surface area contributed by atoms with E-state index in [2.05, 4.69) is 6.92 Å². The molecule has 0 aromatic rings. The minimum absolute atomic E-state index is 0.0168. The van der Waals surface area contributed by atoms with Crippen molar-refractivity contribution in [2.45, 2.75) is 33.6 Å². The summed E-state index contributed by atoms with van der Waals surface area (Å²) in [5, 5.41) is 0. The number of likely N-dealkylation sites (tertiary alicyclic amines) is 1. The van der Waals surface area contributed by atoms with Gasteiger partial charge in [-0.25, -0.2) is 0 Å². The van der Waals surface area contributed by atoms with Crippen molar-refractivity contribution in [1.82, 2.24) is 4.90 Å². The molecule has 1 fully saturated rings. The standard InChI is InChI=1S/C10H17NO2/c1-5-10(2,3)7-6-8(12)11(4)9(7)13/h7H,5-6H2,1-4H3. The van der Waals surface area contributed by atoms with Crippen molar-refractivity contribution in [2.75, 3.05) is 7.05 Å². The predicted octanol–water partition coefficient (Wildman–Crippen LogP) is 1.43. The highest BCUT2D eigenvalue weighted by molar-refractivity contribution is 6.03. The van der Waals surface area contributed by atoms with Crippen LogP contribution < -0.4 is 0 Å². The van der Waals surface area contributed by atoms with Crippen LogP contribution in [0.5, 0.6) is 0 Å². The third-order valence-electron chi connectivity index (χ3n) is 3.24. The molecule has 0 aromatic heterocycles. The van der Waals surface area contributed by atoms with Crippen LogP contribution in [0.15, 0.2) is 0 Å². The van der Waals surface area contributed by atoms with Gasteiger partial charge in [0.15, 0.2) is 0 Å². The van der Waals surface area contributed by atoms with Crippen molar-refractivity contribution in [1.29, 1.82) is 0 Å². The first kappa shape index (κ1) is 10.2. The van der Waals surface area contributed by atoms with Crippen LogP contribution in [0.3, 0.4) is 0 Å². The average Bonchev–Trinajstić information content (AvgIpc) is 2.33. The van der Waals surface area contributed by atoms with Crippen LogP contribution in [-0.2, 0) is 9.59 Å². The van der Waals surface area contributed by atoms with Crippen molar-refractivity contribution in [2.24, 2.45) is 11.3 Å². The monoisotopic (exact) mass is 183 g/mol. The van der Waals surface area contributed by atoms with E-state index in [1.165, 1.54) is 4.90 Å². The van der Waals surface area contributed by atoms with Gasteiger partial charge in [-0.2, -0.15) is 0 Å². The first-order chi connectivity index (χ1) is 5.90. The van der Waals surface area contributed by atoms with E-state index in [0.717, 1.165) is 6.42 Å². The van der Waals surface area contributed by atoms with Crippen molar-refractivity contribution in [3.8, 4) is 0 Å². The molecule has 0 saturated carbocycles. The smallest absolute Gasteiger partial charge is 0.233 e. The van der Waals surface area contributed by atoms with Crippen LogP contribution in [0.1, 0.15) is 33.6 Å². The SMILES string of the molecule is CCC(C)(C)C1CC(=O)N(C)C1=O. The predicted molar refractivity (Wildman–Crippen MR) is 50.0 cm³/mol. The Labute approximate surface area is 79.1 Å². The highest BCUT2D eigenvalue weighted by atomic mass is 16.2. The molecule has 0 bridgehead atoms. The summed E-state index contributed by atoms with van der Waals surface area (Å²) in [5.41, 5.74) is -0.0580. The highest BCUT2D eigenvalue weighted by Gasteiger charge is 2.43. The molecule has 0 spiro atoms. The number of hydrogen-bond donors (Lipinski definition) is 0. The van der Waals surface area contributed by atoms with Gasteiger partial charge in [0, 0.05) is 13.5 Å². The summed E-state index contributed by atoms with van der Waals surface area (Å²) >= 11 is 0. The van der Waals surface area contributed by atoms with Crippen LogP contribution in [0.25, 0.3) is 0 Å². The molecule has 0 radical (unpaired) electrons. The molecule has 13 heavy (non-hydrogen) atoms. The lowest BCUT2D eigenvalue weighted by atomic mass is 9.76. The Kier molecular flexibility index (Phi) is 2.46. The van der Waals surface area contributed by atoms with Gasteiger partial charge in [-0.3, -0.25) is 14.5 Å². The third-order valence-corrected chi connectivity index (χ3v) is 3.24. The molecule has 3 nitrogen and oxygen atoms in total. The molecule has 2 amide bonds. The fourth-order valence-electron chi connectivity index (χ4n) is 1.61. The first-order valence-corrected chi connectivity index (χ1v) is 4.70. The fourth-order valence-corrected chi connectivity index (χ4v) is 1.61. The van der Waals surface area contributed by atoms with Gasteiger partial charge in [-0.05, 0) is 5.41 Å². The Morgan fingerprint density at radius 3 is 2.31 bits per heavy atom. The second kappa shape index (κ2) is 3.13. The Bertz CT molecular complexity index is 245. The van der Waals surface area contributed by atoms with Gasteiger partial charge in [0.1, 0.15) is 0 Å². The van der Waals surface area contributed by atoms with Gasteiger partial charge in [0.25, 0.3) is 0 Å². The third kappa shape index (κ3) is 1.60. The van der Waals surface area contributed by atoms with Crippen LogP contribution >= 0.6 is 0 Å². The van der Waals surface area contributed by atoms with Gasteiger partial charge in [0.2, 0.25) is 11.8 Å². The normalized spacial score (nSPS) is 24.3. The van der Waals surface area contributed by atoms with Gasteiger partial charge >= 0.3 is 0 Å². The molecular formula is C10H17NO2. The first-order valence-electron chi connectivity index (χ1n) is 4.70. The van der Waals surface area contributed by atoms with Gasteiger partial charge in [0.05, 0.1) is 5.92 Å². The van der Waals surface area contributed by atoms with Crippen molar-refractivity contribution < 1.29 is 9.59 Å². The lowest BCUT2D eigenvalue weighted by molar-refractivity contribution is -0.138. The van der Waals surface area contributed by atoms with Gasteiger partial charge < -0.3 is 0 Å². The number of carbonyl (C=O) groups is 2. The number of rotatable bonds is 2. The number of amides is 2. The molecule has 0 N–H and O–H groups in total. The number of imide groups is 1. The molecule has 1 unspecified atom stereocenters. The molecule has 1 rings (SSSR count). The van der Waals surface area contributed by atoms with E-state index in [0.29, 0.717) is 6.42 Å². The van der Waals surface area contributed by atoms with E-state index in [1.807, 2.05) is 13.8 Å². The zero-order valence-corrected chi connectivity index (χ0v) is 8.76. The number of hydrogen-bond acceptors (Lipinski definition) is 2. The summed E-state index contributed by atoms with van der Waals surface area (Å²) in [6.45, 7) is 6.14. The summed E-state index contributed by atoms with van der Waals surface area (Å²) in [5.74, 6) is -0.177. The zero-order valence-electron chi connectivity index (χ0n) is 8.76. The molecule has 1 heterocycles. The second-order valence-corrected chi connectivity index (χ2v) is 4.39. The molecule has 0 aliphatic carbocycles. The maximum atomic E-state index is 11.6. The molecule has 3 heteroatoms. The lowest BCUT2D eigenvalue weighted by Gasteiger charge is -2.27. The topological polar surface area (TPSA) is 37.4 Å². The zero-order chi connectivity index (χ0) is 10.2. The van der Waals surface area contributed by atoms with Gasteiger partial charge in [-0.1, -0.05) is 27.2 Å². The Morgan fingerprint density at radius 1 is 1.46 bits per heavy atom. The van der Waals surface area contributed by atoms with E-state index in [1.54, 1.807) is 7.05 Å². The minimum Gasteiger partial charge on any atom is -0.285 e. The minimum atomic E-state index is -0.116. The Hall–Kier alpha value is -0.860. The van der Waals surface area contributed by atoms with Crippen LogP contribution in [0, 0.1) is 11.3 Å². The lowest BCUT2D eigenvalue weighted by Crippen LogP contribution is -2.32. The van der Waals surface area contributed by atoms with E-state index >= 15 is 0 Å². The van der Waals surface area contributed by atoms with E-state index in [-0.39, 0.29) is 23.1 Å². The van der Waals surface area contributed by atoms with Crippen LogP contribution in [0.4, 0.5) is 0 Å². The molecule has 1 atom stereocenters. The molecular weight excluding hydrogens is 166 g/mol. The van der Waals surface area contributed by atoms with Crippen molar-refractivity contribution in [3.05, 3.63) is 0 Å². The van der Waals surface area contributed by atoms with Crippen molar-refractivity contribution in [3.63, 3.8) is 0 Å². The quantitative estimate of drug-likeness (QED) is 0.607. The molecule has 1 aliphatic heterocycles. The largest absolute Gasteiger partial charge is 0.285 e. The maximum absolute atomic E-state index is 11.6. The van der Waals surface area contributed by atoms with Crippen LogP contribution in [-0.4, -0.2) is 23.8 Å². The highest BCUT2D eigenvalue weighted by Crippen LogP contribution is 2.37. The summed E-state index contributed by atoms with van der Waals surface area (Å²) in [6, 6.07) is 0. The second-order valence-electron chi connectivity index (χ2n) is 4.39. The molecule has 1 aliphatic rings. The van der Waals surface area contributed by atoms with Gasteiger partial charge in [-0.15, -0.1) is 0 Å². The summed E-state index contributed by atoms with van der Waals surface area (Å²) in [7, 11) is 1.57. The average molecular weight is 183 g/mol.